The van der Waals surface area contributed by atoms with Gasteiger partial charge in [0.15, 0.2) is 5.96 Å². The van der Waals surface area contributed by atoms with Gasteiger partial charge in [0, 0.05) is 43.8 Å². The predicted molar refractivity (Wildman–Crippen MR) is 159 cm³/mol. The van der Waals surface area contributed by atoms with Gasteiger partial charge < -0.3 is 26.0 Å². The summed E-state index contributed by atoms with van der Waals surface area (Å²) in [6, 6.07) is 13.6. The zero-order valence-corrected chi connectivity index (χ0v) is 23.2. The van der Waals surface area contributed by atoms with Gasteiger partial charge >= 0.3 is 0 Å². The first-order valence-electron chi connectivity index (χ1n) is 13.4. The minimum absolute atomic E-state index is 0.356. The molecule has 39 heavy (non-hydrogen) atoms. The molecular weight excluding hydrogens is 492 g/mol. The molecule has 1 aromatic heterocycles. The fraction of sp³-hybridized carbons (Fsp3) is 0.414. The number of carbonyl (C=O) groups excluding carboxylic acids is 1. The minimum Gasteiger partial charge on any atom is -0.384 e. The second-order valence-corrected chi connectivity index (χ2v) is 10.1. The molecule has 0 bridgehead atoms. The number of likely N-dealkylation sites (N-methyl/N-ethyl adjacent to an activating group) is 1. The van der Waals surface area contributed by atoms with E-state index >= 15 is 0 Å². The summed E-state index contributed by atoms with van der Waals surface area (Å²) in [5, 5.41) is 14.0. The van der Waals surface area contributed by atoms with Crippen LogP contribution in [-0.4, -0.2) is 60.6 Å². The first-order valence-corrected chi connectivity index (χ1v) is 13.4. The summed E-state index contributed by atoms with van der Waals surface area (Å²) >= 11 is 0. The van der Waals surface area contributed by atoms with Crippen molar-refractivity contribution in [2.45, 2.75) is 45.1 Å². The number of allylic oxidation sites excluding steroid dienone is 3. The van der Waals surface area contributed by atoms with Crippen molar-refractivity contribution < 1.29 is 9.90 Å². The van der Waals surface area contributed by atoms with Gasteiger partial charge in [-0.25, -0.2) is 9.98 Å². The lowest BCUT2D eigenvalue weighted by Crippen LogP contribution is -2.44. The van der Waals surface area contributed by atoms with Crippen LogP contribution in [0.25, 0.3) is 0 Å². The van der Waals surface area contributed by atoms with Crippen molar-refractivity contribution in [2.75, 3.05) is 48.9 Å². The normalized spacial score (nSPS) is 16.7. The number of nitrogens with one attached hydrogen (secondary N) is 3. The van der Waals surface area contributed by atoms with Gasteiger partial charge in [0.2, 0.25) is 6.41 Å². The molecule has 0 aliphatic carbocycles. The highest BCUT2D eigenvalue weighted by atomic mass is 16.3. The number of nitrogens with two attached hydrogens (primary N) is 1. The fourth-order valence-corrected chi connectivity index (χ4v) is 4.19. The van der Waals surface area contributed by atoms with Gasteiger partial charge in [-0.15, -0.1) is 0 Å². The molecule has 1 atom stereocenters. The van der Waals surface area contributed by atoms with Gasteiger partial charge in [0.05, 0.1) is 5.69 Å². The van der Waals surface area contributed by atoms with E-state index in [0.717, 1.165) is 50.3 Å². The number of aromatic nitrogens is 1. The van der Waals surface area contributed by atoms with E-state index < -0.39 is 5.60 Å². The van der Waals surface area contributed by atoms with Crippen molar-refractivity contribution >= 4 is 29.6 Å². The van der Waals surface area contributed by atoms with Crippen molar-refractivity contribution in [1.29, 1.82) is 0 Å². The molecular formula is C29H42N8O2. The number of aliphatic imine (C=N–C) groups is 1. The van der Waals surface area contributed by atoms with E-state index in [2.05, 4.69) is 67.3 Å². The Bertz CT molecular complexity index is 1140. The number of aliphatic hydroxyl groups is 1. The maximum atomic E-state index is 10.8. The Kier molecular flexibility index (Phi) is 11.3. The molecule has 10 nitrogen and oxygen atoms in total. The Hall–Kier alpha value is -3.89. The Labute approximate surface area is 231 Å². The predicted octanol–water partition coefficient (Wildman–Crippen LogP) is 3.56. The van der Waals surface area contributed by atoms with Crippen molar-refractivity contribution in [3.05, 3.63) is 72.1 Å². The largest absolute Gasteiger partial charge is 0.384 e. The molecule has 10 heteroatoms. The van der Waals surface area contributed by atoms with E-state index in [1.165, 1.54) is 5.69 Å². The second kappa shape index (κ2) is 14.9. The molecule has 0 saturated carbocycles. The number of piperazine rings is 1. The van der Waals surface area contributed by atoms with Crippen LogP contribution in [0.4, 0.5) is 17.2 Å². The van der Waals surface area contributed by atoms with Crippen LogP contribution in [0.15, 0.2) is 71.4 Å². The van der Waals surface area contributed by atoms with Crippen molar-refractivity contribution in [2.24, 2.45) is 10.7 Å². The molecule has 1 fully saturated rings. The van der Waals surface area contributed by atoms with Crippen LogP contribution < -0.4 is 26.8 Å². The maximum absolute atomic E-state index is 10.8. The highest BCUT2D eigenvalue weighted by Gasteiger charge is 2.24. The number of hydrazine groups is 1. The Morgan fingerprint density at radius 2 is 1.85 bits per heavy atom. The molecule has 1 amide bonds. The number of guanidine groups is 1. The lowest BCUT2D eigenvalue weighted by atomic mass is 9.95. The van der Waals surface area contributed by atoms with E-state index in [0.29, 0.717) is 36.7 Å². The van der Waals surface area contributed by atoms with Gasteiger partial charge in [-0.1, -0.05) is 23.8 Å². The van der Waals surface area contributed by atoms with Crippen LogP contribution in [0.2, 0.25) is 0 Å². The third-order valence-corrected chi connectivity index (χ3v) is 6.66. The Morgan fingerprint density at radius 3 is 2.56 bits per heavy atom. The standard InChI is InChI=1S/C29H42N8O2/c1-23(9-6-4-5-7-16-29(2,39)26-10-8-11-27(34-26)35-32-22-38)21-31-28(30)33-24-12-14-25(15-13-24)37-19-17-36(3)18-20-37/h4-5,8,10-15,21-22,39H,6-7,9,16-20H2,1-3H3,(H,32,38)(H,34,35)(H3,30,31,33)/b5-4-,23-21-. The number of hydrogen-bond acceptors (Lipinski definition) is 7. The summed E-state index contributed by atoms with van der Waals surface area (Å²) in [5.74, 6) is 0.824. The minimum atomic E-state index is -1.08. The average Bonchev–Trinajstić information content (AvgIpc) is 2.93. The van der Waals surface area contributed by atoms with Crippen molar-refractivity contribution in [3.63, 3.8) is 0 Å². The van der Waals surface area contributed by atoms with E-state index in [-0.39, 0.29) is 0 Å². The van der Waals surface area contributed by atoms with E-state index in [1.807, 2.05) is 19.1 Å². The molecule has 0 spiro atoms. The molecule has 210 valence electrons. The fourth-order valence-electron chi connectivity index (χ4n) is 4.19. The molecule has 3 rings (SSSR count). The SMILES string of the molecule is C/C(=C/N=C(N)Nc1ccc(N2CCN(C)CC2)cc1)CC/C=C\CCC(C)(O)c1cccc(NNC=O)n1. The highest BCUT2D eigenvalue weighted by Crippen LogP contribution is 2.25. The summed E-state index contributed by atoms with van der Waals surface area (Å²) in [7, 11) is 2.16. The van der Waals surface area contributed by atoms with Gasteiger partial charge in [-0.3, -0.25) is 15.6 Å². The van der Waals surface area contributed by atoms with Gasteiger partial charge in [0.25, 0.3) is 0 Å². The number of amides is 1. The highest BCUT2D eigenvalue weighted by molar-refractivity contribution is 5.92. The lowest BCUT2D eigenvalue weighted by Gasteiger charge is -2.34. The summed E-state index contributed by atoms with van der Waals surface area (Å²) in [6.45, 7) is 8.02. The molecule has 1 aliphatic rings. The Balaban J connectivity index is 1.38. The Morgan fingerprint density at radius 1 is 1.13 bits per heavy atom. The van der Waals surface area contributed by atoms with Crippen LogP contribution in [0.5, 0.6) is 0 Å². The second-order valence-electron chi connectivity index (χ2n) is 10.1. The van der Waals surface area contributed by atoms with E-state index in [4.69, 9.17) is 5.73 Å². The quantitative estimate of drug-likeness (QED) is 0.0867. The zero-order chi connectivity index (χ0) is 28.1. The van der Waals surface area contributed by atoms with E-state index in [1.54, 1.807) is 31.3 Å². The monoisotopic (exact) mass is 534 g/mol. The summed E-state index contributed by atoms with van der Waals surface area (Å²) < 4.78 is 0. The molecule has 1 aromatic carbocycles. The van der Waals surface area contributed by atoms with Gasteiger partial charge in [-0.2, -0.15) is 0 Å². The molecule has 6 N–H and O–H groups in total. The molecule has 1 aliphatic heterocycles. The first kappa shape index (κ1) is 29.7. The zero-order valence-electron chi connectivity index (χ0n) is 23.2. The van der Waals surface area contributed by atoms with Crippen LogP contribution in [0.1, 0.15) is 45.2 Å². The topological polar surface area (TPSA) is 131 Å². The number of carbonyl (C=O) groups is 1. The number of hydrogen-bond donors (Lipinski definition) is 5. The third-order valence-electron chi connectivity index (χ3n) is 6.66. The van der Waals surface area contributed by atoms with Gasteiger partial charge in [0.1, 0.15) is 11.4 Å². The van der Waals surface area contributed by atoms with Crippen molar-refractivity contribution in [1.82, 2.24) is 15.3 Å². The number of rotatable bonds is 13. The van der Waals surface area contributed by atoms with Crippen LogP contribution in [0.3, 0.4) is 0 Å². The molecule has 1 unspecified atom stereocenters. The molecule has 2 heterocycles. The number of nitrogens with zero attached hydrogens (tertiary/aromatic N) is 4. The smallest absolute Gasteiger partial charge is 0.225 e. The maximum Gasteiger partial charge on any atom is 0.225 e. The molecule has 1 saturated heterocycles. The lowest BCUT2D eigenvalue weighted by molar-refractivity contribution is -0.109. The number of pyridine rings is 1. The average molecular weight is 535 g/mol. The summed E-state index contributed by atoms with van der Waals surface area (Å²) in [5.41, 5.74) is 13.8. The summed E-state index contributed by atoms with van der Waals surface area (Å²) in [4.78, 5) is 23.9. The van der Waals surface area contributed by atoms with Gasteiger partial charge in [-0.05, 0) is 83.0 Å². The van der Waals surface area contributed by atoms with Crippen LogP contribution in [-0.2, 0) is 10.4 Å². The third kappa shape index (κ3) is 10.1. The first-order chi connectivity index (χ1) is 18.8. The van der Waals surface area contributed by atoms with Crippen molar-refractivity contribution in [3.8, 4) is 0 Å². The van der Waals surface area contributed by atoms with E-state index in [9.17, 15) is 9.90 Å². The summed E-state index contributed by atoms with van der Waals surface area (Å²) in [6.07, 6.45) is 9.48. The van der Waals surface area contributed by atoms with Crippen LogP contribution >= 0.6 is 0 Å². The van der Waals surface area contributed by atoms with Crippen LogP contribution in [0, 0.1) is 0 Å². The molecule has 2 aromatic rings. The molecule has 0 radical (unpaired) electrons. The number of benzene rings is 1. The number of anilines is 3.